The molecule has 9 heteroatoms. The lowest BCUT2D eigenvalue weighted by Crippen LogP contribution is -2.48. The molecule has 0 bridgehead atoms. The van der Waals surface area contributed by atoms with Gasteiger partial charge in [-0.25, -0.2) is 12.8 Å². The molecule has 0 aromatic heterocycles. The van der Waals surface area contributed by atoms with Crippen LogP contribution in [-0.4, -0.2) is 57.1 Å². The fourth-order valence-electron chi connectivity index (χ4n) is 3.93. The van der Waals surface area contributed by atoms with Gasteiger partial charge in [-0.1, -0.05) is 23.8 Å². The molecule has 1 heterocycles. The lowest BCUT2D eigenvalue weighted by atomic mass is 10.1. The Morgan fingerprint density at radius 2 is 1.57 bits per heavy atom. The molecule has 3 aromatic rings. The van der Waals surface area contributed by atoms with E-state index < -0.39 is 27.3 Å². The highest BCUT2D eigenvalue weighted by molar-refractivity contribution is 7.92. The maximum absolute atomic E-state index is 13.4. The number of nitrogens with one attached hydrogen (secondary N) is 1. The first kappa shape index (κ1) is 24.4. The number of aryl methyl sites for hydroxylation is 1. The van der Waals surface area contributed by atoms with Crippen LogP contribution < -0.4 is 10.2 Å². The largest absolute Gasteiger partial charge is 0.368 e. The molecule has 0 radical (unpaired) electrons. The molecule has 182 valence electrons. The van der Waals surface area contributed by atoms with Gasteiger partial charge in [0.25, 0.3) is 5.91 Å². The predicted molar refractivity (Wildman–Crippen MR) is 133 cm³/mol. The second-order valence-electron chi connectivity index (χ2n) is 8.46. The van der Waals surface area contributed by atoms with Crippen LogP contribution in [0.2, 0.25) is 0 Å². The Hall–Kier alpha value is -3.72. The molecule has 4 rings (SSSR count). The van der Waals surface area contributed by atoms with E-state index in [1.54, 1.807) is 35.2 Å². The second kappa shape index (κ2) is 10.3. The summed E-state index contributed by atoms with van der Waals surface area (Å²) in [6, 6.07) is 19.2. The molecule has 1 N–H and O–H groups in total. The lowest BCUT2D eigenvalue weighted by molar-refractivity contribution is -0.113. The number of rotatable bonds is 6. The average molecular weight is 496 g/mol. The summed E-state index contributed by atoms with van der Waals surface area (Å²) in [5.74, 6) is -1.88. The van der Waals surface area contributed by atoms with E-state index in [2.05, 4.69) is 10.2 Å². The standard InChI is InChI=1S/C26H26FN3O4S/c1-19-5-11-24(12-6-19)35(33,34)18-25(31)28-22-7-9-23(10-8-22)29-13-15-30(16-14-29)26(32)20-3-2-4-21(27)17-20/h2-12,17H,13-16,18H2,1H3,(H,28,31). The molecule has 0 unspecified atom stereocenters. The minimum absolute atomic E-state index is 0.114. The van der Waals surface area contributed by atoms with E-state index >= 15 is 0 Å². The first-order chi connectivity index (χ1) is 16.7. The number of nitrogens with zero attached hydrogens (tertiary/aromatic N) is 2. The lowest BCUT2D eigenvalue weighted by Gasteiger charge is -2.36. The van der Waals surface area contributed by atoms with Gasteiger partial charge in [0.05, 0.1) is 4.90 Å². The minimum atomic E-state index is -3.73. The SMILES string of the molecule is Cc1ccc(S(=O)(=O)CC(=O)Nc2ccc(N3CCN(C(=O)c4cccc(F)c4)CC3)cc2)cc1. The molecule has 7 nitrogen and oxygen atoms in total. The van der Waals surface area contributed by atoms with E-state index in [-0.39, 0.29) is 10.8 Å². The van der Waals surface area contributed by atoms with Gasteiger partial charge in [0.1, 0.15) is 11.6 Å². The van der Waals surface area contributed by atoms with Crippen LogP contribution in [0.1, 0.15) is 15.9 Å². The number of carbonyl (C=O) groups excluding carboxylic acids is 2. The van der Waals surface area contributed by atoms with Crippen molar-refractivity contribution in [1.82, 2.24) is 4.90 Å². The van der Waals surface area contributed by atoms with Crippen LogP contribution in [0.15, 0.2) is 77.7 Å². The molecular formula is C26H26FN3O4S. The Kier molecular flexibility index (Phi) is 7.16. The Labute approximate surface area is 204 Å². The molecule has 1 saturated heterocycles. The zero-order valence-electron chi connectivity index (χ0n) is 19.3. The smallest absolute Gasteiger partial charge is 0.254 e. The van der Waals surface area contributed by atoms with Crippen molar-refractivity contribution in [3.8, 4) is 0 Å². The van der Waals surface area contributed by atoms with Crippen LogP contribution >= 0.6 is 0 Å². The molecule has 2 amide bonds. The van der Waals surface area contributed by atoms with Gasteiger partial charge in [-0.15, -0.1) is 0 Å². The molecule has 0 atom stereocenters. The van der Waals surface area contributed by atoms with Gasteiger partial charge >= 0.3 is 0 Å². The van der Waals surface area contributed by atoms with Crippen molar-refractivity contribution >= 4 is 33.0 Å². The quantitative estimate of drug-likeness (QED) is 0.566. The summed E-state index contributed by atoms with van der Waals surface area (Å²) in [5, 5.41) is 2.63. The fraction of sp³-hybridized carbons (Fsp3) is 0.231. The van der Waals surface area contributed by atoms with Gasteiger partial charge in [-0.05, 0) is 61.5 Å². The Bertz CT molecular complexity index is 1320. The molecule has 0 aliphatic carbocycles. The van der Waals surface area contributed by atoms with E-state index in [1.165, 1.54) is 30.3 Å². The Morgan fingerprint density at radius 3 is 2.20 bits per heavy atom. The van der Waals surface area contributed by atoms with Crippen LogP contribution in [0, 0.1) is 12.7 Å². The molecule has 0 saturated carbocycles. The van der Waals surface area contributed by atoms with E-state index in [0.29, 0.717) is 37.4 Å². The van der Waals surface area contributed by atoms with Gasteiger partial charge in [0.15, 0.2) is 9.84 Å². The Morgan fingerprint density at radius 1 is 0.914 bits per heavy atom. The number of halogens is 1. The van der Waals surface area contributed by atoms with Crippen molar-refractivity contribution in [2.75, 3.05) is 42.1 Å². The third-order valence-electron chi connectivity index (χ3n) is 5.86. The van der Waals surface area contributed by atoms with Gasteiger partial charge in [0.2, 0.25) is 5.91 Å². The molecule has 1 aliphatic rings. The summed E-state index contributed by atoms with van der Waals surface area (Å²) < 4.78 is 38.4. The molecule has 35 heavy (non-hydrogen) atoms. The minimum Gasteiger partial charge on any atom is -0.368 e. The highest BCUT2D eigenvalue weighted by atomic mass is 32.2. The topological polar surface area (TPSA) is 86.8 Å². The maximum Gasteiger partial charge on any atom is 0.254 e. The van der Waals surface area contributed by atoms with Crippen LogP contribution in [0.25, 0.3) is 0 Å². The monoisotopic (exact) mass is 495 g/mol. The molecule has 1 fully saturated rings. The average Bonchev–Trinajstić information content (AvgIpc) is 2.84. The zero-order chi connectivity index (χ0) is 25.0. The van der Waals surface area contributed by atoms with E-state index in [9.17, 15) is 22.4 Å². The van der Waals surface area contributed by atoms with Crippen molar-refractivity contribution in [2.24, 2.45) is 0 Å². The highest BCUT2D eigenvalue weighted by Crippen LogP contribution is 2.21. The normalized spacial score (nSPS) is 14.0. The molecular weight excluding hydrogens is 469 g/mol. The van der Waals surface area contributed by atoms with E-state index in [4.69, 9.17) is 0 Å². The van der Waals surface area contributed by atoms with Crippen LogP contribution in [0.4, 0.5) is 15.8 Å². The molecule has 0 spiro atoms. The highest BCUT2D eigenvalue weighted by Gasteiger charge is 2.23. The van der Waals surface area contributed by atoms with Gasteiger partial charge in [0, 0.05) is 43.1 Å². The number of piperazine rings is 1. The summed E-state index contributed by atoms with van der Waals surface area (Å²) in [4.78, 5) is 28.9. The summed E-state index contributed by atoms with van der Waals surface area (Å²) in [5.41, 5.74) is 2.70. The third kappa shape index (κ3) is 6.05. The van der Waals surface area contributed by atoms with Gasteiger partial charge in [-0.3, -0.25) is 9.59 Å². The summed E-state index contributed by atoms with van der Waals surface area (Å²) >= 11 is 0. The summed E-state index contributed by atoms with van der Waals surface area (Å²) in [6.07, 6.45) is 0. The third-order valence-corrected chi connectivity index (χ3v) is 7.49. The van der Waals surface area contributed by atoms with E-state index in [1.807, 2.05) is 19.1 Å². The zero-order valence-corrected chi connectivity index (χ0v) is 20.1. The predicted octanol–water partition coefficient (Wildman–Crippen LogP) is 3.51. The number of sulfone groups is 1. The number of anilines is 2. The first-order valence-corrected chi connectivity index (χ1v) is 12.9. The number of hydrogen-bond donors (Lipinski definition) is 1. The number of hydrogen-bond acceptors (Lipinski definition) is 5. The van der Waals surface area contributed by atoms with E-state index in [0.717, 1.165) is 11.3 Å². The van der Waals surface area contributed by atoms with Crippen molar-refractivity contribution in [1.29, 1.82) is 0 Å². The van der Waals surface area contributed by atoms with Crippen molar-refractivity contribution in [3.05, 3.63) is 89.7 Å². The number of amides is 2. The van der Waals surface area contributed by atoms with Crippen molar-refractivity contribution < 1.29 is 22.4 Å². The van der Waals surface area contributed by atoms with Gasteiger partial charge in [-0.2, -0.15) is 0 Å². The first-order valence-electron chi connectivity index (χ1n) is 11.2. The number of benzene rings is 3. The van der Waals surface area contributed by atoms with Crippen LogP contribution in [-0.2, 0) is 14.6 Å². The summed E-state index contributed by atoms with van der Waals surface area (Å²) in [6.45, 7) is 4.09. The van der Waals surface area contributed by atoms with Crippen LogP contribution in [0.3, 0.4) is 0 Å². The number of carbonyl (C=O) groups is 2. The van der Waals surface area contributed by atoms with Crippen molar-refractivity contribution in [3.63, 3.8) is 0 Å². The molecule has 1 aliphatic heterocycles. The van der Waals surface area contributed by atoms with Gasteiger partial charge < -0.3 is 15.1 Å². The fourth-order valence-corrected chi connectivity index (χ4v) is 5.06. The Balaban J connectivity index is 1.31. The molecule has 3 aromatic carbocycles. The second-order valence-corrected chi connectivity index (χ2v) is 10.4. The van der Waals surface area contributed by atoms with Crippen LogP contribution in [0.5, 0.6) is 0 Å². The van der Waals surface area contributed by atoms with Crippen molar-refractivity contribution in [2.45, 2.75) is 11.8 Å². The summed E-state index contributed by atoms with van der Waals surface area (Å²) in [7, 11) is -3.73. The maximum atomic E-state index is 13.4.